The van der Waals surface area contributed by atoms with Gasteiger partial charge in [0.2, 0.25) is 0 Å². The molecule has 0 fully saturated rings. The third kappa shape index (κ3) is 2.64. The van der Waals surface area contributed by atoms with Gasteiger partial charge in [-0.2, -0.15) is 0 Å². The first kappa shape index (κ1) is 10.3. The first-order valence-electron chi connectivity index (χ1n) is 4.31. The van der Waals surface area contributed by atoms with Gasteiger partial charge in [0.05, 0.1) is 6.20 Å². The third-order valence-corrected chi connectivity index (χ3v) is 3.22. The summed E-state index contributed by atoms with van der Waals surface area (Å²) < 4.78 is 5.52. The van der Waals surface area contributed by atoms with Gasteiger partial charge in [-0.25, -0.2) is 4.98 Å². The van der Waals surface area contributed by atoms with E-state index in [0.717, 1.165) is 5.75 Å². The van der Waals surface area contributed by atoms with Crippen molar-refractivity contribution in [3.63, 3.8) is 0 Å². The van der Waals surface area contributed by atoms with Crippen molar-refractivity contribution >= 4 is 28.1 Å². The van der Waals surface area contributed by atoms with Crippen molar-refractivity contribution in [2.24, 2.45) is 0 Å². The van der Waals surface area contributed by atoms with Crippen LogP contribution in [0, 0.1) is 0 Å². The number of thioether (sulfide) groups is 1. The van der Waals surface area contributed by atoms with Crippen LogP contribution in [-0.2, 0) is 0 Å². The predicted molar refractivity (Wildman–Crippen MR) is 64.8 cm³/mol. The zero-order valence-corrected chi connectivity index (χ0v) is 9.77. The van der Waals surface area contributed by atoms with Gasteiger partial charge in [0.25, 0.3) is 5.19 Å². The minimum absolute atomic E-state index is 0.574. The Hall–Kier alpha value is -1.20. The Kier molecular flexibility index (Phi) is 3.13. The van der Waals surface area contributed by atoms with Crippen LogP contribution in [0.3, 0.4) is 0 Å². The van der Waals surface area contributed by atoms with Crippen molar-refractivity contribution in [2.75, 3.05) is 12.0 Å². The van der Waals surface area contributed by atoms with Crippen LogP contribution in [0.4, 0.5) is 5.00 Å². The number of rotatable bonds is 3. The zero-order chi connectivity index (χ0) is 10.7. The molecule has 0 aliphatic heterocycles. The fraction of sp³-hybridized carbons (Fsp3) is 0.100. The van der Waals surface area contributed by atoms with E-state index < -0.39 is 0 Å². The summed E-state index contributed by atoms with van der Waals surface area (Å²) in [5.74, 6) is 0.780. The van der Waals surface area contributed by atoms with E-state index in [2.05, 4.69) is 4.98 Å². The molecule has 0 saturated carbocycles. The number of nitrogens with zero attached hydrogens (tertiary/aromatic N) is 1. The van der Waals surface area contributed by atoms with E-state index in [1.807, 2.05) is 30.5 Å². The van der Waals surface area contributed by atoms with E-state index in [-0.39, 0.29) is 0 Å². The van der Waals surface area contributed by atoms with Crippen LogP contribution in [0.5, 0.6) is 10.9 Å². The minimum atomic E-state index is 0.574. The van der Waals surface area contributed by atoms with Crippen LogP contribution >= 0.6 is 23.1 Å². The molecular weight excluding hydrogens is 228 g/mol. The normalized spacial score (nSPS) is 10.2. The summed E-state index contributed by atoms with van der Waals surface area (Å²) in [4.78, 5) is 5.23. The summed E-state index contributed by atoms with van der Waals surface area (Å²) in [5.41, 5.74) is 5.55. The minimum Gasteiger partial charge on any atom is -0.431 e. The number of nitrogens with two attached hydrogens (primary N) is 1. The summed E-state index contributed by atoms with van der Waals surface area (Å²) in [6, 6.07) is 7.86. The fourth-order valence-electron chi connectivity index (χ4n) is 1.06. The van der Waals surface area contributed by atoms with Crippen molar-refractivity contribution in [3.8, 4) is 10.9 Å². The number of thiazole rings is 1. The summed E-state index contributed by atoms with van der Waals surface area (Å²) in [5, 5.41) is 1.23. The van der Waals surface area contributed by atoms with E-state index in [4.69, 9.17) is 10.5 Å². The number of aromatic nitrogens is 1. The molecule has 0 aliphatic rings. The van der Waals surface area contributed by atoms with Gasteiger partial charge in [-0.1, -0.05) is 11.3 Å². The zero-order valence-electron chi connectivity index (χ0n) is 8.14. The first-order chi connectivity index (χ1) is 7.28. The summed E-state index contributed by atoms with van der Waals surface area (Å²) >= 11 is 3.03. The van der Waals surface area contributed by atoms with Gasteiger partial charge in [-0.15, -0.1) is 11.8 Å². The van der Waals surface area contributed by atoms with Gasteiger partial charge >= 0.3 is 0 Å². The molecule has 3 nitrogen and oxygen atoms in total. The molecular formula is C10H10N2OS2. The highest BCUT2D eigenvalue weighted by Crippen LogP contribution is 2.28. The molecule has 0 bridgehead atoms. The second-order valence-electron chi connectivity index (χ2n) is 2.81. The smallest absolute Gasteiger partial charge is 0.280 e. The standard InChI is InChI=1S/C10H10N2OS2/c1-14-8-4-2-7(3-5-8)13-10-12-6-9(11)15-10/h2-6H,11H2,1H3. The van der Waals surface area contributed by atoms with Gasteiger partial charge in [0, 0.05) is 4.90 Å². The van der Waals surface area contributed by atoms with Crippen LogP contribution in [0.1, 0.15) is 0 Å². The van der Waals surface area contributed by atoms with Crippen molar-refractivity contribution in [2.45, 2.75) is 4.90 Å². The molecule has 0 saturated heterocycles. The second kappa shape index (κ2) is 4.55. The third-order valence-electron chi connectivity index (χ3n) is 1.77. The lowest BCUT2D eigenvalue weighted by atomic mass is 10.3. The lowest BCUT2D eigenvalue weighted by Gasteiger charge is -2.01. The van der Waals surface area contributed by atoms with E-state index in [9.17, 15) is 0 Å². The average Bonchev–Trinajstić information content (AvgIpc) is 2.65. The quantitative estimate of drug-likeness (QED) is 0.834. The summed E-state index contributed by atoms with van der Waals surface area (Å²) in [7, 11) is 0. The molecule has 2 rings (SSSR count). The van der Waals surface area contributed by atoms with Crippen LogP contribution in [0.25, 0.3) is 0 Å². The molecule has 1 aromatic heterocycles. The van der Waals surface area contributed by atoms with E-state index in [0.29, 0.717) is 10.2 Å². The second-order valence-corrected chi connectivity index (χ2v) is 4.71. The van der Waals surface area contributed by atoms with Gasteiger partial charge in [0.1, 0.15) is 10.8 Å². The van der Waals surface area contributed by atoms with Crippen LogP contribution < -0.4 is 10.5 Å². The Morgan fingerprint density at radius 3 is 2.60 bits per heavy atom. The molecule has 78 valence electrons. The van der Waals surface area contributed by atoms with Gasteiger partial charge in [0.15, 0.2) is 0 Å². The molecule has 5 heteroatoms. The lowest BCUT2D eigenvalue weighted by molar-refractivity contribution is 0.478. The highest BCUT2D eigenvalue weighted by molar-refractivity contribution is 7.98. The summed E-state index contributed by atoms with van der Waals surface area (Å²) in [6.07, 6.45) is 3.63. The van der Waals surface area contributed by atoms with Crippen molar-refractivity contribution in [1.29, 1.82) is 0 Å². The Balaban J connectivity index is 2.11. The monoisotopic (exact) mass is 238 g/mol. The fourth-order valence-corrected chi connectivity index (χ4v) is 2.02. The van der Waals surface area contributed by atoms with Gasteiger partial charge < -0.3 is 10.5 Å². The van der Waals surface area contributed by atoms with E-state index in [1.54, 1.807) is 18.0 Å². The molecule has 0 aliphatic carbocycles. The van der Waals surface area contributed by atoms with Crippen molar-refractivity contribution in [1.82, 2.24) is 4.98 Å². The molecule has 1 aromatic carbocycles. The lowest BCUT2D eigenvalue weighted by Crippen LogP contribution is -1.81. The Bertz CT molecular complexity index is 439. The Morgan fingerprint density at radius 1 is 1.33 bits per heavy atom. The molecule has 1 heterocycles. The van der Waals surface area contributed by atoms with Crippen molar-refractivity contribution < 1.29 is 4.74 Å². The molecule has 15 heavy (non-hydrogen) atoms. The van der Waals surface area contributed by atoms with Crippen LogP contribution in [-0.4, -0.2) is 11.2 Å². The van der Waals surface area contributed by atoms with E-state index in [1.165, 1.54) is 16.2 Å². The van der Waals surface area contributed by atoms with E-state index >= 15 is 0 Å². The Morgan fingerprint density at radius 2 is 2.07 bits per heavy atom. The number of hydrogen-bond donors (Lipinski definition) is 1. The van der Waals surface area contributed by atoms with Crippen LogP contribution in [0.2, 0.25) is 0 Å². The molecule has 0 unspecified atom stereocenters. The SMILES string of the molecule is CSc1ccc(Oc2ncc(N)s2)cc1. The topological polar surface area (TPSA) is 48.1 Å². The molecule has 2 aromatic rings. The molecule has 0 atom stereocenters. The van der Waals surface area contributed by atoms with Crippen molar-refractivity contribution in [3.05, 3.63) is 30.5 Å². The molecule has 0 radical (unpaired) electrons. The van der Waals surface area contributed by atoms with Gasteiger partial charge in [-0.05, 0) is 30.5 Å². The average molecular weight is 238 g/mol. The largest absolute Gasteiger partial charge is 0.431 e. The molecule has 0 spiro atoms. The van der Waals surface area contributed by atoms with Gasteiger partial charge in [-0.3, -0.25) is 0 Å². The number of benzene rings is 1. The molecule has 0 amide bonds. The summed E-state index contributed by atoms with van der Waals surface area (Å²) in [6.45, 7) is 0. The number of ether oxygens (including phenoxy) is 1. The number of hydrogen-bond acceptors (Lipinski definition) is 5. The highest BCUT2D eigenvalue weighted by atomic mass is 32.2. The first-order valence-corrected chi connectivity index (χ1v) is 6.35. The maximum atomic E-state index is 5.55. The van der Waals surface area contributed by atoms with Crippen LogP contribution in [0.15, 0.2) is 35.4 Å². The number of nitrogen functional groups attached to an aromatic ring is 1. The Labute approximate surface area is 96.3 Å². The predicted octanol–water partition coefficient (Wildman–Crippen LogP) is 3.24. The highest BCUT2D eigenvalue weighted by Gasteiger charge is 2.01. The number of anilines is 1. The maximum absolute atomic E-state index is 5.55. The maximum Gasteiger partial charge on any atom is 0.280 e. The molecule has 2 N–H and O–H groups in total.